The number of hydrogen-bond donors (Lipinski definition) is 2. The summed E-state index contributed by atoms with van der Waals surface area (Å²) in [5, 5.41) is 6.64. The SMILES string of the molecule is CCNC(=NCc1ccc(C)c(F)c1)NCC(C)CN1CCOCC1.I. The van der Waals surface area contributed by atoms with Crippen LogP contribution in [-0.4, -0.2) is 56.8 Å². The molecule has 1 aliphatic heterocycles. The molecule has 1 saturated heterocycles. The Bertz CT molecular complexity index is 564. The van der Waals surface area contributed by atoms with Crippen LogP contribution < -0.4 is 10.6 Å². The number of morpholine rings is 1. The normalized spacial score (nSPS) is 16.7. The number of benzene rings is 1. The van der Waals surface area contributed by atoms with Gasteiger partial charge in [0.05, 0.1) is 19.8 Å². The number of rotatable bonds is 7. The number of halogens is 2. The Hall–Kier alpha value is -0.930. The molecule has 1 unspecified atom stereocenters. The van der Waals surface area contributed by atoms with Crippen molar-refractivity contribution >= 4 is 29.9 Å². The molecule has 1 aromatic rings. The number of nitrogens with zero attached hydrogens (tertiary/aromatic N) is 2. The van der Waals surface area contributed by atoms with Crippen LogP contribution in [0.1, 0.15) is 25.0 Å². The topological polar surface area (TPSA) is 48.9 Å². The zero-order valence-electron chi connectivity index (χ0n) is 16.1. The van der Waals surface area contributed by atoms with Gasteiger partial charge < -0.3 is 15.4 Å². The minimum Gasteiger partial charge on any atom is -0.379 e. The van der Waals surface area contributed by atoms with E-state index in [1.165, 1.54) is 0 Å². The average Bonchev–Trinajstić information content (AvgIpc) is 2.61. The van der Waals surface area contributed by atoms with Gasteiger partial charge in [-0.2, -0.15) is 0 Å². The lowest BCUT2D eigenvalue weighted by molar-refractivity contribution is 0.0320. The molecular formula is C19H32FIN4O. The van der Waals surface area contributed by atoms with Crippen LogP contribution in [0.5, 0.6) is 0 Å². The molecule has 7 heteroatoms. The van der Waals surface area contributed by atoms with Crippen molar-refractivity contribution in [3.63, 3.8) is 0 Å². The molecule has 1 atom stereocenters. The van der Waals surface area contributed by atoms with Crippen molar-refractivity contribution in [3.8, 4) is 0 Å². The van der Waals surface area contributed by atoms with Gasteiger partial charge in [0.15, 0.2) is 5.96 Å². The third kappa shape index (κ3) is 8.18. The molecule has 1 aromatic carbocycles. The van der Waals surface area contributed by atoms with E-state index in [0.717, 1.165) is 57.5 Å². The highest BCUT2D eigenvalue weighted by Crippen LogP contribution is 2.10. The molecule has 0 bridgehead atoms. The summed E-state index contributed by atoms with van der Waals surface area (Å²) in [4.78, 5) is 7.01. The van der Waals surface area contributed by atoms with Crippen molar-refractivity contribution in [2.24, 2.45) is 10.9 Å². The van der Waals surface area contributed by atoms with Gasteiger partial charge in [-0.1, -0.05) is 19.1 Å². The first-order valence-corrected chi connectivity index (χ1v) is 9.15. The molecule has 0 spiro atoms. The van der Waals surface area contributed by atoms with Gasteiger partial charge in [0.25, 0.3) is 0 Å². The monoisotopic (exact) mass is 478 g/mol. The fourth-order valence-corrected chi connectivity index (χ4v) is 2.81. The van der Waals surface area contributed by atoms with E-state index in [0.29, 0.717) is 18.0 Å². The first kappa shape index (κ1) is 23.1. The van der Waals surface area contributed by atoms with Gasteiger partial charge in [-0.05, 0) is 37.0 Å². The predicted octanol–water partition coefficient (Wildman–Crippen LogP) is 2.78. The van der Waals surface area contributed by atoms with E-state index in [-0.39, 0.29) is 29.8 Å². The third-order valence-electron chi connectivity index (χ3n) is 4.29. The van der Waals surface area contributed by atoms with Crippen LogP contribution >= 0.6 is 24.0 Å². The van der Waals surface area contributed by atoms with Crippen molar-refractivity contribution in [1.82, 2.24) is 15.5 Å². The Morgan fingerprint density at radius 2 is 2.04 bits per heavy atom. The van der Waals surface area contributed by atoms with E-state index in [4.69, 9.17) is 4.74 Å². The summed E-state index contributed by atoms with van der Waals surface area (Å²) < 4.78 is 19.0. The molecule has 0 amide bonds. The van der Waals surface area contributed by atoms with E-state index < -0.39 is 0 Å². The number of nitrogens with one attached hydrogen (secondary N) is 2. The van der Waals surface area contributed by atoms with E-state index in [9.17, 15) is 4.39 Å². The minimum absolute atomic E-state index is 0. The van der Waals surface area contributed by atoms with Crippen molar-refractivity contribution in [2.45, 2.75) is 27.3 Å². The van der Waals surface area contributed by atoms with Crippen LogP contribution in [-0.2, 0) is 11.3 Å². The van der Waals surface area contributed by atoms with Crippen LogP contribution in [0.4, 0.5) is 4.39 Å². The second-order valence-corrected chi connectivity index (χ2v) is 6.68. The molecule has 1 aliphatic rings. The van der Waals surface area contributed by atoms with Gasteiger partial charge in [0.2, 0.25) is 0 Å². The zero-order chi connectivity index (χ0) is 18.1. The van der Waals surface area contributed by atoms with Crippen LogP contribution in [0.25, 0.3) is 0 Å². The summed E-state index contributed by atoms with van der Waals surface area (Å²) >= 11 is 0. The number of aliphatic imine (C=N–C) groups is 1. The molecule has 1 heterocycles. The lowest BCUT2D eigenvalue weighted by atomic mass is 10.1. The number of hydrogen-bond acceptors (Lipinski definition) is 3. The van der Waals surface area contributed by atoms with Gasteiger partial charge in [-0.25, -0.2) is 9.38 Å². The minimum atomic E-state index is -0.176. The molecule has 0 aliphatic carbocycles. The second-order valence-electron chi connectivity index (χ2n) is 6.68. The molecule has 26 heavy (non-hydrogen) atoms. The summed E-state index contributed by atoms with van der Waals surface area (Å²) in [5.74, 6) is 1.11. The number of guanidine groups is 1. The van der Waals surface area contributed by atoms with E-state index in [1.807, 2.05) is 13.0 Å². The maximum absolute atomic E-state index is 13.6. The van der Waals surface area contributed by atoms with Gasteiger partial charge in [-0.15, -0.1) is 24.0 Å². The molecule has 1 fully saturated rings. The summed E-state index contributed by atoms with van der Waals surface area (Å²) in [6.07, 6.45) is 0. The molecule has 2 rings (SSSR count). The van der Waals surface area contributed by atoms with Crippen molar-refractivity contribution in [1.29, 1.82) is 0 Å². The lowest BCUT2D eigenvalue weighted by Crippen LogP contribution is -2.44. The van der Waals surface area contributed by atoms with E-state index in [1.54, 1.807) is 19.1 Å². The lowest BCUT2D eigenvalue weighted by Gasteiger charge is -2.29. The molecule has 5 nitrogen and oxygen atoms in total. The van der Waals surface area contributed by atoms with Gasteiger partial charge in [0, 0.05) is 32.7 Å². The van der Waals surface area contributed by atoms with Crippen LogP contribution in [0.3, 0.4) is 0 Å². The summed E-state index contributed by atoms with van der Waals surface area (Å²) in [6.45, 7) is 12.9. The third-order valence-corrected chi connectivity index (χ3v) is 4.29. The molecule has 0 saturated carbocycles. The molecule has 148 valence electrons. The van der Waals surface area contributed by atoms with Gasteiger partial charge in [0.1, 0.15) is 5.82 Å². The zero-order valence-corrected chi connectivity index (χ0v) is 18.4. The second kappa shape index (κ2) is 12.5. The van der Waals surface area contributed by atoms with Crippen molar-refractivity contribution < 1.29 is 9.13 Å². The molecule has 0 aromatic heterocycles. The standard InChI is InChI=1S/C19H31FN4O.HI/c1-4-21-19(23-13-17-6-5-16(3)18(20)11-17)22-12-15(2)14-24-7-9-25-10-8-24;/h5-6,11,15H,4,7-10,12-14H2,1-3H3,(H2,21,22,23);1H. The molecule has 2 N–H and O–H groups in total. The first-order chi connectivity index (χ1) is 12.1. The highest BCUT2D eigenvalue weighted by molar-refractivity contribution is 14.0. The molecule has 0 radical (unpaired) electrons. The average molecular weight is 478 g/mol. The predicted molar refractivity (Wildman–Crippen MR) is 116 cm³/mol. The first-order valence-electron chi connectivity index (χ1n) is 9.15. The maximum atomic E-state index is 13.6. The summed E-state index contributed by atoms with van der Waals surface area (Å²) in [7, 11) is 0. The fraction of sp³-hybridized carbons (Fsp3) is 0.632. The van der Waals surface area contributed by atoms with Crippen molar-refractivity contribution in [3.05, 3.63) is 35.1 Å². The highest BCUT2D eigenvalue weighted by atomic mass is 127. The smallest absolute Gasteiger partial charge is 0.191 e. The van der Waals surface area contributed by atoms with Gasteiger partial charge >= 0.3 is 0 Å². The fourth-order valence-electron chi connectivity index (χ4n) is 2.81. The van der Waals surface area contributed by atoms with E-state index >= 15 is 0 Å². The van der Waals surface area contributed by atoms with Crippen LogP contribution in [0.2, 0.25) is 0 Å². The quantitative estimate of drug-likeness (QED) is 0.360. The molecular weight excluding hydrogens is 446 g/mol. The summed E-state index contributed by atoms with van der Waals surface area (Å²) in [5.41, 5.74) is 1.54. The summed E-state index contributed by atoms with van der Waals surface area (Å²) in [6, 6.07) is 5.28. The Labute approximate surface area is 173 Å². The highest BCUT2D eigenvalue weighted by Gasteiger charge is 2.13. The van der Waals surface area contributed by atoms with Crippen molar-refractivity contribution in [2.75, 3.05) is 45.9 Å². The van der Waals surface area contributed by atoms with Gasteiger partial charge in [-0.3, -0.25) is 4.90 Å². The van der Waals surface area contributed by atoms with Crippen LogP contribution in [0, 0.1) is 18.7 Å². The Kier molecular flexibility index (Phi) is 11.1. The Morgan fingerprint density at radius 3 is 2.69 bits per heavy atom. The Morgan fingerprint density at radius 1 is 1.31 bits per heavy atom. The van der Waals surface area contributed by atoms with Crippen LogP contribution in [0.15, 0.2) is 23.2 Å². The number of aryl methyl sites for hydroxylation is 1. The maximum Gasteiger partial charge on any atom is 0.191 e. The van der Waals surface area contributed by atoms with E-state index in [2.05, 4.69) is 27.4 Å². The largest absolute Gasteiger partial charge is 0.379 e. The Balaban J connectivity index is 0.00000338. The number of ether oxygens (including phenoxy) is 1.